The maximum Gasteiger partial charge on any atom is 0.341 e. The molecule has 3 rings (SSSR count). The van der Waals surface area contributed by atoms with E-state index in [2.05, 4.69) is 10.6 Å². The molecule has 1 aliphatic carbocycles. The summed E-state index contributed by atoms with van der Waals surface area (Å²) in [7, 11) is 0. The van der Waals surface area contributed by atoms with Gasteiger partial charge in [-0.3, -0.25) is 9.59 Å². The van der Waals surface area contributed by atoms with E-state index in [0.29, 0.717) is 30.0 Å². The first kappa shape index (κ1) is 19.4. The molecule has 2 aromatic rings. The Morgan fingerprint density at radius 3 is 2.50 bits per heavy atom. The van der Waals surface area contributed by atoms with Crippen LogP contribution in [-0.4, -0.2) is 36.0 Å². The molecule has 0 aliphatic heterocycles. The fourth-order valence-corrected chi connectivity index (χ4v) is 2.65. The smallest absolute Gasteiger partial charge is 0.341 e. The van der Waals surface area contributed by atoms with Gasteiger partial charge in [-0.2, -0.15) is 0 Å². The summed E-state index contributed by atoms with van der Waals surface area (Å²) >= 11 is 0. The van der Waals surface area contributed by atoms with Crippen molar-refractivity contribution in [2.24, 2.45) is 5.92 Å². The van der Waals surface area contributed by atoms with Gasteiger partial charge in [0, 0.05) is 23.7 Å². The summed E-state index contributed by atoms with van der Waals surface area (Å²) < 4.78 is 5.08. The lowest BCUT2D eigenvalue weighted by Crippen LogP contribution is -2.25. The number of carbonyl (C=O) groups excluding carboxylic acids is 2. The summed E-state index contributed by atoms with van der Waals surface area (Å²) in [5.74, 6) is -0.626. The van der Waals surface area contributed by atoms with Gasteiger partial charge in [-0.15, -0.1) is 0 Å². The fraction of sp³-hybridized carbons (Fsp3) is 0.286. The van der Waals surface area contributed by atoms with Gasteiger partial charge in [0.2, 0.25) is 5.91 Å². The van der Waals surface area contributed by atoms with E-state index in [1.807, 2.05) is 12.1 Å². The van der Waals surface area contributed by atoms with Crippen molar-refractivity contribution in [1.29, 1.82) is 0 Å². The minimum absolute atomic E-state index is 0.00772. The van der Waals surface area contributed by atoms with Gasteiger partial charge in [0.25, 0.3) is 5.91 Å². The minimum atomic E-state index is -1.03. The predicted octanol–water partition coefficient (Wildman–Crippen LogP) is 2.47. The highest BCUT2D eigenvalue weighted by Gasteiger charge is 2.29. The third-order valence-electron chi connectivity index (χ3n) is 4.33. The van der Waals surface area contributed by atoms with E-state index in [1.54, 1.807) is 36.4 Å². The first-order chi connectivity index (χ1) is 13.5. The van der Waals surface area contributed by atoms with Crippen molar-refractivity contribution in [3.63, 3.8) is 0 Å². The summed E-state index contributed by atoms with van der Waals surface area (Å²) in [4.78, 5) is 34.6. The summed E-state index contributed by atoms with van der Waals surface area (Å²) in [6.07, 6.45) is 2.49. The molecule has 7 nitrogen and oxygen atoms in total. The molecule has 1 saturated carbocycles. The number of hydrogen-bond acceptors (Lipinski definition) is 4. The lowest BCUT2D eigenvalue weighted by atomic mass is 10.1. The second-order valence-electron chi connectivity index (χ2n) is 6.68. The van der Waals surface area contributed by atoms with Gasteiger partial charge in [-0.05, 0) is 55.2 Å². The van der Waals surface area contributed by atoms with Crippen LogP contribution in [-0.2, 0) is 16.0 Å². The number of carboxylic acids is 1. The molecular weight excluding hydrogens is 360 g/mol. The standard InChI is InChI=1S/C21H22N2O5/c24-19(25)13-28-18-8-4-14(5-9-18)10-11-22-20(26)16-2-1-3-17(12-16)23-21(27)15-6-7-15/h1-5,8-9,12,15H,6-7,10-11,13H2,(H,22,26)(H,23,27)(H,24,25). The second kappa shape index (κ2) is 9.03. The van der Waals surface area contributed by atoms with Crippen LogP contribution in [0, 0.1) is 5.92 Å². The van der Waals surface area contributed by atoms with Crippen LogP contribution < -0.4 is 15.4 Å². The van der Waals surface area contributed by atoms with Gasteiger partial charge < -0.3 is 20.5 Å². The van der Waals surface area contributed by atoms with Crippen LogP contribution in [0.25, 0.3) is 0 Å². The Balaban J connectivity index is 1.46. The maximum absolute atomic E-state index is 12.3. The number of rotatable bonds is 9. The van der Waals surface area contributed by atoms with Crippen molar-refractivity contribution in [3.05, 3.63) is 59.7 Å². The highest BCUT2D eigenvalue weighted by atomic mass is 16.5. The Hall–Kier alpha value is -3.35. The Labute approximate surface area is 162 Å². The molecule has 3 N–H and O–H groups in total. The molecule has 0 atom stereocenters. The maximum atomic E-state index is 12.3. The van der Waals surface area contributed by atoms with Crippen LogP contribution in [0.2, 0.25) is 0 Å². The van der Waals surface area contributed by atoms with Crippen molar-refractivity contribution in [1.82, 2.24) is 5.32 Å². The van der Waals surface area contributed by atoms with Crippen molar-refractivity contribution in [3.8, 4) is 5.75 Å². The third-order valence-corrected chi connectivity index (χ3v) is 4.33. The van der Waals surface area contributed by atoms with Crippen LogP contribution in [0.3, 0.4) is 0 Å². The molecule has 0 bridgehead atoms. The topological polar surface area (TPSA) is 105 Å². The average molecular weight is 382 g/mol. The molecule has 0 unspecified atom stereocenters. The second-order valence-corrected chi connectivity index (χ2v) is 6.68. The van der Waals surface area contributed by atoms with E-state index in [1.165, 1.54) is 0 Å². The summed E-state index contributed by atoms with van der Waals surface area (Å²) in [5, 5.41) is 14.3. The Kier molecular flexibility index (Phi) is 6.26. The molecule has 1 aliphatic rings. The van der Waals surface area contributed by atoms with Crippen LogP contribution in [0.4, 0.5) is 5.69 Å². The fourth-order valence-electron chi connectivity index (χ4n) is 2.65. The highest BCUT2D eigenvalue weighted by Crippen LogP contribution is 2.30. The van der Waals surface area contributed by atoms with E-state index >= 15 is 0 Å². The van der Waals surface area contributed by atoms with Gasteiger partial charge in [0.1, 0.15) is 5.75 Å². The van der Waals surface area contributed by atoms with Crippen LogP contribution in [0.5, 0.6) is 5.75 Å². The highest BCUT2D eigenvalue weighted by molar-refractivity contribution is 5.98. The Morgan fingerprint density at radius 2 is 1.82 bits per heavy atom. The van der Waals surface area contributed by atoms with E-state index in [4.69, 9.17) is 9.84 Å². The van der Waals surface area contributed by atoms with Crippen molar-refractivity contribution in [2.75, 3.05) is 18.5 Å². The number of ether oxygens (including phenoxy) is 1. The van der Waals surface area contributed by atoms with E-state index < -0.39 is 5.97 Å². The summed E-state index contributed by atoms with van der Waals surface area (Å²) in [6, 6.07) is 14.0. The van der Waals surface area contributed by atoms with Gasteiger partial charge in [0.05, 0.1) is 0 Å². The molecule has 1 fully saturated rings. The molecule has 2 aromatic carbocycles. The number of carbonyl (C=O) groups is 3. The molecule has 7 heteroatoms. The molecule has 0 aromatic heterocycles. The Morgan fingerprint density at radius 1 is 1.07 bits per heavy atom. The van der Waals surface area contributed by atoms with Crippen molar-refractivity contribution < 1.29 is 24.2 Å². The van der Waals surface area contributed by atoms with Crippen LogP contribution >= 0.6 is 0 Å². The average Bonchev–Trinajstić information content (AvgIpc) is 3.53. The largest absolute Gasteiger partial charge is 0.482 e. The monoisotopic (exact) mass is 382 g/mol. The first-order valence-electron chi connectivity index (χ1n) is 9.14. The van der Waals surface area contributed by atoms with Crippen LogP contribution in [0.1, 0.15) is 28.8 Å². The molecule has 28 heavy (non-hydrogen) atoms. The van der Waals surface area contributed by atoms with E-state index in [9.17, 15) is 14.4 Å². The molecule has 146 valence electrons. The number of aliphatic carboxylic acids is 1. The molecule has 2 amide bonds. The minimum Gasteiger partial charge on any atom is -0.482 e. The number of hydrogen-bond donors (Lipinski definition) is 3. The number of nitrogens with one attached hydrogen (secondary N) is 2. The third kappa shape index (κ3) is 5.84. The molecular formula is C21H22N2O5. The zero-order valence-corrected chi connectivity index (χ0v) is 15.3. The summed E-state index contributed by atoms with van der Waals surface area (Å²) in [5.41, 5.74) is 2.11. The van der Waals surface area contributed by atoms with Gasteiger partial charge in [-0.1, -0.05) is 18.2 Å². The lowest BCUT2D eigenvalue weighted by molar-refractivity contribution is -0.139. The zero-order valence-electron chi connectivity index (χ0n) is 15.3. The molecule has 0 heterocycles. The van der Waals surface area contributed by atoms with Crippen molar-refractivity contribution >= 4 is 23.5 Å². The molecule has 0 saturated heterocycles. The number of amides is 2. The molecule has 0 radical (unpaired) electrons. The number of anilines is 1. The number of carboxylic acid groups (broad SMARTS) is 1. The first-order valence-corrected chi connectivity index (χ1v) is 9.14. The normalized spacial score (nSPS) is 12.9. The zero-order chi connectivity index (χ0) is 19.9. The van der Waals surface area contributed by atoms with Gasteiger partial charge in [0.15, 0.2) is 6.61 Å². The number of benzene rings is 2. The van der Waals surface area contributed by atoms with E-state index in [-0.39, 0.29) is 24.3 Å². The van der Waals surface area contributed by atoms with Gasteiger partial charge >= 0.3 is 5.97 Å². The van der Waals surface area contributed by atoms with Crippen LogP contribution in [0.15, 0.2) is 48.5 Å². The molecule has 0 spiro atoms. The van der Waals surface area contributed by atoms with E-state index in [0.717, 1.165) is 18.4 Å². The van der Waals surface area contributed by atoms with Crippen molar-refractivity contribution in [2.45, 2.75) is 19.3 Å². The van der Waals surface area contributed by atoms with Gasteiger partial charge in [-0.25, -0.2) is 4.79 Å². The Bertz CT molecular complexity index is 859. The quantitative estimate of drug-likeness (QED) is 0.618. The predicted molar refractivity (Wildman–Crippen MR) is 103 cm³/mol. The SMILES string of the molecule is O=C(O)COc1ccc(CCNC(=O)c2cccc(NC(=O)C3CC3)c2)cc1. The summed E-state index contributed by atoms with van der Waals surface area (Å²) in [6.45, 7) is 0.0718. The lowest BCUT2D eigenvalue weighted by Gasteiger charge is -2.09.